The molecule has 4 nitrogen and oxygen atoms in total. The van der Waals surface area contributed by atoms with Crippen molar-refractivity contribution in [1.82, 2.24) is 10.2 Å². The number of ether oxygens (including phenoxy) is 1. The number of hydrogen-bond donors (Lipinski definition) is 2. The Bertz CT molecular complexity index is 525. The third-order valence-corrected chi connectivity index (χ3v) is 2.60. The first-order chi connectivity index (χ1) is 8.74. The number of rotatable bonds is 5. The maximum absolute atomic E-state index is 13.6. The Morgan fingerprint density at radius 2 is 2.22 bits per heavy atom. The lowest BCUT2D eigenvalue weighted by Crippen LogP contribution is -1.99. The van der Waals surface area contributed by atoms with E-state index in [2.05, 4.69) is 22.4 Å². The first-order valence-electron chi connectivity index (χ1n) is 5.87. The molecule has 18 heavy (non-hydrogen) atoms. The van der Waals surface area contributed by atoms with E-state index in [0.29, 0.717) is 0 Å². The normalized spacial score (nSPS) is 10.4. The quantitative estimate of drug-likeness (QED) is 0.856. The van der Waals surface area contributed by atoms with Crippen molar-refractivity contribution in [2.24, 2.45) is 0 Å². The number of nitrogens with zero attached hydrogens (tertiary/aromatic N) is 1. The third-order valence-electron chi connectivity index (χ3n) is 2.60. The topological polar surface area (TPSA) is 49.9 Å². The molecule has 2 aromatic rings. The molecular weight excluding hydrogens is 233 g/mol. The van der Waals surface area contributed by atoms with Crippen LogP contribution in [0.15, 0.2) is 24.3 Å². The maximum atomic E-state index is 13.6. The summed E-state index contributed by atoms with van der Waals surface area (Å²) in [4.78, 5) is 0. The van der Waals surface area contributed by atoms with Crippen LogP contribution in [0.4, 0.5) is 10.2 Å². The van der Waals surface area contributed by atoms with Crippen LogP contribution in [0.1, 0.15) is 13.3 Å². The van der Waals surface area contributed by atoms with E-state index >= 15 is 0 Å². The number of hydrogen-bond acceptors (Lipinski definition) is 3. The molecule has 1 aromatic heterocycles. The van der Waals surface area contributed by atoms with Crippen LogP contribution in [-0.4, -0.2) is 23.9 Å². The molecule has 0 radical (unpaired) electrons. The van der Waals surface area contributed by atoms with Gasteiger partial charge in [-0.2, -0.15) is 5.10 Å². The number of methoxy groups -OCH3 is 1. The Kier molecular flexibility index (Phi) is 3.82. The van der Waals surface area contributed by atoms with E-state index < -0.39 is 0 Å². The van der Waals surface area contributed by atoms with Crippen molar-refractivity contribution in [1.29, 1.82) is 0 Å². The second kappa shape index (κ2) is 5.53. The first kappa shape index (κ1) is 12.4. The summed E-state index contributed by atoms with van der Waals surface area (Å²) in [5, 5.41) is 10.1. The summed E-state index contributed by atoms with van der Waals surface area (Å²) in [5.74, 6) is 0.623. The molecule has 0 unspecified atom stereocenters. The van der Waals surface area contributed by atoms with Gasteiger partial charge in [-0.15, -0.1) is 0 Å². The number of anilines is 1. The fourth-order valence-corrected chi connectivity index (χ4v) is 1.65. The van der Waals surface area contributed by atoms with Gasteiger partial charge in [0.2, 0.25) is 0 Å². The average molecular weight is 249 g/mol. The van der Waals surface area contributed by atoms with Crippen molar-refractivity contribution in [2.75, 3.05) is 19.0 Å². The van der Waals surface area contributed by atoms with Gasteiger partial charge in [-0.05, 0) is 24.6 Å². The molecule has 0 amide bonds. The van der Waals surface area contributed by atoms with Gasteiger partial charge in [-0.3, -0.25) is 5.10 Å². The number of aromatic amines is 1. The Balaban J connectivity index is 2.20. The average Bonchev–Trinajstić information content (AvgIpc) is 2.85. The predicted molar refractivity (Wildman–Crippen MR) is 69.3 cm³/mol. The van der Waals surface area contributed by atoms with E-state index in [1.54, 1.807) is 12.1 Å². The minimum atomic E-state index is -0.382. The number of benzene rings is 1. The van der Waals surface area contributed by atoms with Crippen LogP contribution < -0.4 is 10.1 Å². The fourth-order valence-electron chi connectivity index (χ4n) is 1.65. The first-order valence-corrected chi connectivity index (χ1v) is 5.87. The number of H-pyrrole nitrogens is 1. The molecular formula is C13H16FN3O. The Labute approximate surface area is 105 Å². The van der Waals surface area contributed by atoms with Gasteiger partial charge >= 0.3 is 0 Å². The monoisotopic (exact) mass is 249 g/mol. The standard InChI is InChI=1S/C13H16FN3O/c1-3-6-15-13-8-11(16-17-13)9-4-5-12(18-2)10(14)7-9/h4-5,7-8H,3,6H2,1-2H3,(H2,15,16,17). The van der Waals surface area contributed by atoms with Gasteiger partial charge in [0.15, 0.2) is 11.6 Å². The summed E-state index contributed by atoms with van der Waals surface area (Å²) in [5.41, 5.74) is 1.51. The molecule has 2 N–H and O–H groups in total. The van der Waals surface area contributed by atoms with E-state index in [1.807, 2.05) is 6.07 Å². The van der Waals surface area contributed by atoms with E-state index in [0.717, 1.165) is 30.0 Å². The summed E-state index contributed by atoms with van der Waals surface area (Å²) >= 11 is 0. The van der Waals surface area contributed by atoms with Crippen molar-refractivity contribution in [3.63, 3.8) is 0 Å². The van der Waals surface area contributed by atoms with Crippen molar-refractivity contribution in [3.8, 4) is 17.0 Å². The second-order valence-electron chi connectivity index (χ2n) is 3.94. The van der Waals surface area contributed by atoms with Crippen molar-refractivity contribution in [3.05, 3.63) is 30.1 Å². The summed E-state index contributed by atoms with van der Waals surface area (Å²) in [7, 11) is 1.45. The molecule has 0 fully saturated rings. The lowest BCUT2D eigenvalue weighted by Gasteiger charge is -2.03. The molecule has 5 heteroatoms. The SMILES string of the molecule is CCCNc1cc(-c2ccc(OC)c(F)c2)[nH]n1. The van der Waals surface area contributed by atoms with Crippen LogP contribution in [0.3, 0.4) is 0 Å². The molecule has 0 aliphatic rings. The zero-order valence-electron chi connectivity index (χ0n) is 10.5. The molecule has 0 aliphatic carbocycles. The number of aromatic nitrogens is 2. The minimum absolute atomic E-state index is 0.239. The maximum Gasteiger partial charge on any atom is 0.165 e. The van der Waals surface area contributed by atoms with Gasteiger partial charge in [0.05, 0.1) is 12.8 Å². The zero-order chi connectivity index (χ0) is 13.0. The van der Waals surface area contributed by atoms with Crippen molar-refractivity contribution >= 4 is 5.82 Å². The summed E-state index contributed by atoms with van der Waals surface area (Å²) < 4.78 is 18.5. The molecule has 0 atom stereocenters. The molecule has 0 bridgehead atoms. The molecule has 0 saturated heterocycles. The van der Waals surface area contributed by atoms with E-state index in [4.69, 9.17) is 4.74 Å². The van der Waals surface area contributed by atoms with Crippen LogP contribution in [0.5, 0.6) is 5.75 Å². The summed E-state index contributed by atoms with van der Waals surface area (Å²) in [6.45, 7) is 2.95. The van der Waals surface area contributed by atoms with E-state index in [9.17, 15) is 4.39 Å². The Morgan fingerprint density at radius 3 is 2.89 bits per heavy atom. The predicted octanol–water partition coefficient (Wildman–Crippen LogP) is 3.05. The lowest BCUT2D eigenvalue weighted by atomic mass is 10.1. The highest BCUT2D eigenvalue weighted by molar-refractivity contribution is 5.63. The molecule has 1 aromatic carbocycles. The Hall–Kier alpha value is -2.04. The fraction of sp³-hybridized carbons (Fsp3) is 0.308. The zero-order valence-corrected chi connectivity index (χ0v) is 10.5. The molecule has 0 spiro atoms. The van der Waals surface area contributed by atoms with Gasteiger partial charge in [-0.25, -0.2) is 4.39 Å². The highest BCUT2D eigenvalue weighted by Gasteiger charge is 2.07. The van der Waals surface area contributed by atoms with Crippen LogP contribution in [0.2, 0.25) is 0 Å². The van der Waals surface area contributed by atoms with Crippen molar-refractivity contribution in [2.45, 2.75) is 13.3 Å². The molecule has 0 saturated carbocycles. The highest BCUT2D eigenvalue weighted by atomic mass is 19.1. The molecule has 0 aliphatic heterocycles. The number of halogens is 1. The molecule has 1 heterocycles. The second-order valence-corrected chi connectivity index (χ2v) is 3.94. The highest BCUT2D eigenvalue weighted by Crippen LogP contribution is 2.25. The molecule has 2 rings (SSSR count). The van der Waals surface area contributed by atoms with Gasteiger partial charge in [0.1, 0.15) is 5.82 Å². The van der Waals surface area contributed by atoms with Crippen LogP contribution >= 0.6 is 0 Å². The van der Waals surface area contributed by atoms with Crippen LogP contribution in [-0.2, 0) is 0 Å². The smallest absolute Gasteiger partial charge is 0.165 e. The summed E-state index contributed by atoms with van der Waals surface area (Å²) in [6, 6.07) is 6.68. The lowest BCUT2D eigenvalue weighted by molar-refractivity contribution is 0.386. The van der Waals surface area contributed by atoms with Crippen molar-refractivity contribution < 1.29 is 9.13 Å². The van der Waals surface area contributed by atoms with Gasteiger partial charge in [-0.1, -0.05) is 6.92 Å². The van der Waals surface area contributed by atoms with Crippen LogP contribution in [0, 0.1) is 5.82 Å². The van der Waals surface area contributed by atoms with Gasteiger partial charge in [0, 0.05) is 18.2 Å². The van der Waals surface area contributed by atoms with Gasteiger partial charge in [0.25, 0.3) is 0 Å². The van der Waals surface area contributed by atoms with Gasteiger partial charge < -0.3 is 10.1 Å². The number of nitrogens with one attached hydrogen (secondary N) is 2. The minimum Gasteiger partial charge on any atom is -0.494 e. The van der Waals surface area contributed by atoms with E-state index in [1.165, 1.54) is 13.2 Å². The summed E-state index contributed by atoms with van der Waals surface area (Å²) in [6.07, 6.45) is 1.03. The van der Waals surface area contributed by atoms with E-state index in [-0.39, 0.29) is 11.6 Å². The Morgan fingerprint density at radius 1 is 1.39 bits per heavy atom. The third kappa shape index (κ3) is 2.61. The molecule has 96 valence electrons. The van der Waals surface area contributed by atoms with Crippen LogP contribution in [0.25, 0.3) is 11.3 Å². The largest absolute Gasteiger partial charge is 0.494 e.